The van der Waals surface area contributed by atoms with Gasteiger partial charge in [0.2, 0.25) is 23.6 Å². The number of hydrogen-bond acceptors (Lipinski definition) is 5. The lowest BCUT2D eigenvalue weighted by molar-refractivity contribution is -0.133. The van der Waals surface area contributed by atoms with Gasteiger partial charge >= 0.3 is 0 Å². The number of carbonyl (C=O) groups is 5. The van der Waals surface area contributed by atoms with Gasteiger partial charge in [-0.3, -0.25) is 19.2 Å². The maximum Gasteiger partial charge on any atom is 0.244 e. The van der Waals surface area contributed by atoms with E-state index in [1.165, 1.54) is 30.3 Å². The molecule has 0 aromatic heterocycles. The Kier molecular flexibility index (Phi) is 12.4. The van der Waals surface area contributed by atoms with Crippen molar-refractivity contribution in [2.24, 2.45) is 11.8 Å². The van der Waals surface area contributed by atoms with Crippen LogP contribution in [0.5, 0.6) is 0 Å². The van der Waals surface area contributed by atoms with Crippen molar-refractivity contribution in [2.45, 2.75) is 64.1 Å². The molecule has 4 atom stereocenters. The molecule has 1 saturated heterocycles. The number of piperidine rings is 1. The minimum absolute atomic E-state index is 0.0128. The Hall–Kier alpha value is -4.34. The summed E-state index contributed by atoms with van der Waals surface area (Å²) in [4.78, 5) is 63.5. The number of amides is 4. The summed E-state index contributed by atoms with van der Waals surface area (Å²) in [5.41, 5.74) is 1.41. The van der Waals surface area contributed by atoms with Gasteiger partial charge < -0.3 is 26.1 Å². The van der Waals surface area contributed by atoms with Crippen LogP contribution in [0.2, 0.25) is 0 Å². The maximum absolute atomic E-state index is 13.5. The Morgan fingerprint density at radius 3 is 2.31 bits per heavy atom. The smallest absolute Gasteiger partial charge is 0.244 e. The zero-order chi connectivity index (χ0) is 30.5. The van der Waals surface area contributed by atoms with Gasteiger partial charge in [-0.2, -0.15) is 0 Å². The first-order valence-corrected chi connectivity index (χ1v) is 14.3. The van der Waals surface area contributed by atoms with Gasteiger partial charge in [0, 0.05) is 25.0 Å². The summed E-state index contributed by atoms with van der Waals surface area (Å²) in [6.45, 7) is 4.37. The van der Waals surface area contributed by atoms with Crippen LogP contribution >= 0.6 is 0 Å². The van der Waals surface area contributed by atoms with Crippen molar-refractivity contribution in [3.63, 3.8) is 0 Å². The van der Waals surface area contributed by atoms with Gasteiger partial charge in [0.25, 0.3) is 0 Å². The number of carbonyl (C=O) groups excluding carboxylic acids is 5. The molecule has 3 rings (SSSR count). The van der Waals surface area contributed by atoms with Crippen LogP contribution < -0.4 is 21.3 Å². The minimum atomic E-state index is -1.07. The Balaban J connectivity index is 1.73. The van der Waals surface area contributed by atoms with Gasteiger partial charge in [0.1, 0.15) is 24.2 Å². The molecular formula is C32H39FN4O5. The van der Waals surface area contributed by atoms with Crippen LogP contribution in [-0.4, -0.2) is 54.6 Å². The molecule has 1 aliphatic heterocycles. The highest BCUT2D eigenvalue weighted by molar-refractivity contribution is 5.97. The van der Waals surface area contributed by atoms with Gasteiger partial charge in [-0.1, -0.05) is 56.3 Å². The van der Waals surface area contributed by atoms with Crippen LogP contribution in [0.15, 0.2) is 60.7 Å². The summed E-state index contributed by atoms with van der Waals surface area (Å²) in [5.74, 6) is -2.62. The van der Waals surface area contributed by atoms with Crippen LogP contribution in [0.1, 0.15) is 50.7 Å². The second-order valence-electron chi connectivity index (χ2n) is 10.9. The van der Waals surface area contributed by atoms with Crippen molar-refractivity contribution in [1.29, 1.82) is 0 Å². The topological polar surface area (TPSA) is 133 Å². The second kappa shape index (κ2) is 16.2. The third-order valence-corrected chi connectivity index (χ3v) is 6.98. The zero-order valence-corrected chi connectivity index (χ0v) is 24.0. The van der Waals surface area contributed by atoms with Crippen molar-refractivity contribution in [3.8, 4) is 0 Å². The lowest BCUT2D eigenvalue weighted by Gasteiger charge is -2.27. The van der Waals surface area contributed by atoms with E-state index in [-0.39, 0.29) is 37.0 Å². The first-order valence-electron chi connectivity index (χ1n) is 14.3. The summed E-state index contributed by atoms with van der Waals surface area (Å²) in [5, 5.41) is 10.9. The quantitative estimate of drug-likeness (QED) is 0.202. The highest BCUT2D eigenvalue weighted by atomic mass is 19.1. The van der Waals surface area contributed by atoms with Crippen LogP contribution in [0, 0.1) is 17.7 Å². The van der Waals surface area contributed by atoms with E-state index < -0.39 is 41.7 Å². The second-order valence-corrected chi connectivity index (χ2v) is 10.9. The van der Waals surface area contributed by atoms with Crippen LogP contribution in [-0.2, 0) is 30.4 Å². The molecule has 2 aromatic rings. The normalized spacial score (nSPS) is 17.1. The molecule has 0 aliphatic carbocycles. The molecule has 42 heavy (non-hydrogen) atoms. The van der Waals surface area contributed by atoms with Gasteiger partial charge in [0.15, 0.2) is 0 Å². The predicted octanol–water partition coefficient (Wildman–Crippen LogP) is 2.70. The van der Waals surface area contributed by atoms with E-state index in [4.69, 9.17) is 0 Å². The summed E-state index contributed by atoms with van der Waals surface area (Å²) < 4.78 is 13.5. The highest BCUT2D eigenvalue weighted by Crippen LogP contribution is 2.17. The Labute approximate surface area is 245 Å². The molecule has 0 radical (unpaired) electrons. The van der Waals surface area contributed by atoms with Crippen molar-refractivity contribution in [2.75, 3.05) is 6.54 Å². The SMILES string of the molecule is CC(C)C[C@H](NC(=O)[C@H](Cc1ccc(F)cc1)NC(=O)C=Cc1ccccc1)C(=O)N[C@H](C=O)C[C@@H]1CCCNC1=O. The number of rotatable bonds is 14. The highest BCUT2D eigenvalue weighted by Gasteiger charge is 2.31. The summed E-state index contributed by atoms with van der Waals surface area (Å²) in [6, 6.07) is 11.8. The number of nitrogens with one attached hydrogen (secondary N) is 4. The van der Waals surface area contributed by atoms with E-state index in [2.05, 4.69) is 21.3 Å². The molecular weight excluding hydrogens is 539 g/mol. The van der Waals surface area contributed by atoms with Crippen molar-refractivity contribution in [3.05, 3.63) is 77.6 Å². The van der Waals surface area contributed by atoms with Crippen molar-refractivity contribution >= 4 is 36.0 Å². The van der Waals surface area contributed by atoms with E-state index in [1.54, 1.807) is 6.08 Å². The third-order valence-electron chi connectivity index (χ3n) is 6.98. The van der Waals surface area contributed by atoms with Crippen LogP contribution in [0.3, 0.4) is 0 Å². The Morgan fingerprint density at radius 1 is 0.976 bits per heavy atom. The van der Waals surface area contributed by atoms with E-state index in [1.807, 2.05) is 44.2 Å². The van der Waals surface area contributed by atoms with Gasteiger partial charge in [-0.05, 0) is 60.9 Å². The molecule has 2 aromatic carbocycles. The number of halogens is 1. The number of aldehydes is 1. The molecule has 10 heteroatoms. The fourth-order valence-corrected chi connectivity index (χ4v) is 4.80. The standard InChI is InChI=1S/C32H39FN4O5/c1-21(2)17-27(31(41)35-26(20-38)19-24-9-6-16-34-30(24)40)37-32(42)28(18-23-10-13-25(33)14-11-23)36-29(39)15-12-22-7-4-3-5-8-22/h3-5,7-8,10-15,20-21,24,26-28H,6,9,16-19H2,1-2H3,(H,34,40)(H,35,41)(H,36,39)(H,37,42)/t24-,26-,27-,28-/m0/s1. The first-order chi connectivity index (χ1) is 20.1. The monoisotopic (exact) mass is 578 g/mol. The molecule has 0 saturated carbocycles. The third kappa shape index (κ3) is 10.6. The molecule has 224 valence electrons. The fraction of sp³-hybridized carbons (Fsp3) is 0.406. The van der Waals surface area contributed by atoms with E-state index in [9.17, 15) is 28.4 Å². The molecule has 1 fully saturated rings. The molecule has 4 amide bonds. The van der Waals surface area contributed by atoms with Crippen LogP contribution in [0.4, 0.5) is 4.39 Å². The molecule has 4 N–H and O–H groups in total. The summed E-state index contributed by atoms with van der Waals surface area (Å²) >= 11 is 0. The van der Waals surface area contributed by atoms with Gasteiger partial charge in [-0.25, -0.2) is 4.39 Å². The van der Waals surface area contributed by atoms with Gasteiger partial charge in [0.05, 0.1) is 6.04 Å². The fourth-order valence-electron chi connectivity index (χ4n) is 4.80. The largest absolute Gasteiger partial charge is 0.356 e. The van der Waals surface area contributed by atoms with Gasteiger partial charge in [-0.15, -0.1) is 0 Å². The van der Waals surface area contributed by atoms with Crippen molar-refractivity contribution < 1.29 is 28.4 Å². The lowest BCUT2D eigenvalue weighted by atomic mass is 9.91. The average molecular weight is 579 g/mol. The average Bonchev–Trinajstić information content (AvgIpc) is 2.97. The molecule has 0 unspecified atom stereocenters. The van der Waals surface area contributed by atoms with E-state index in [0.29, 0.717) is 24.8 Å². The Morgan fingerprint density at radius 2 is 1.67 bits per heavy atom. The Bertz CT molecular complexity index is 1250. The number of hydrogen-bond donors (Lipinski definition) is 4. The van der Waals surface area contributed by atoms with Crippen molar-refractivity contribution in [1.82, 2.24) is 21.3 Å². The molecule has 1 aliphatic rings. The molecule has 0 bridgehead atoms. The maximum atomic E-state index is 13.5. The molecule has 9 nitrogen and oxygen atoms in total. The predicted molar refractivity (Wildman–Crippen MR) is 157 cm³/mol. The summed E-state index contributed by atoms with van der Waals surface area (Å²) in [6.07, 6.45) is 5.45. The minimum Gasteiger partial charge on any atom is -0.356 e. The lowest BCUT2D eigenvalue weighted by Crippen LogP contribution is -2.56. The number of benzene rings is 2. The summed E-state index contributed by atoms with van der Waals surface area (Å²) in [7, 11) is 0. The van der Waals surface area contributed by atoms with E-state index >= 15 is 0 Å². The van der Waals surface area contributed by atoms with E-state index in [0.717, 1.165) is 12.0 Å². The zero-order valence-electron chi connectivity index (χ0n) is 24.0. The molecule has 1 heterocycles. The first kappa shape index (κ1) is 32.2. The molecule has 0 spiro atoms. The van der Waals surface area contributed by atoms with Crippen LogP contribution in [0.25, 0.3) is 6.08 Å².